The lowest BCUT2D eigenvalue weighted by Crippen LogP contribution is -2.24. The summed E-state index contributed by atoms with van der Waals surface area (Å²) in [6.45, 7) is 2.64. The van der Waals surface area contributed by atoms with Gasteiger partial charge in [-0.1, -0.05) is 17.7 Å². The summed E-state index contributed by atoms with van der Waals surface area (Å²) >= 11 is 6.33. The summed E-state index contributed by atoms with van der Waals surface area (Å²) in [6.07, 6.45) is 7.78. The number of ether oxygens (including phenoxy) is 1. The second kappa shape index (κ2) is 6.29. The fourth-order valence-corrected chi connectivity index (χ4v) is 2.81. The molecule has 1 atom stereocenters. The van der Waals surface area contributed by atoms with Gasteiger partial charge in [-0.25, -0.2) is 4.98 Å². The zero-order chi connectivity index (χ0) is 13.8. The van der Waals surface area contributed by atoms with Gasteiger partial charge >= 0.3 is 0 Å². The van der Waals surface area contributed by atoms with Gasteiger partial charge in [0.25, 0.3) is 0 Å². The highest BCUT2D eigenvalue weighted by molar-refractivity contribution is 6.33. The van der Waals surface area contributed by atoms with E-state index < -0.39 is 0 Å². The van der Waals surface area contributed by atoms with Crippen LogP contribution in [0.3, 0.4) is 0 Å². The summed E-state index contributed by atoms with van der Waals surface area (Å²) in [5, 5.41) is 4.21. The molecule has 1 aromatic carbocycles. The standard InChI is InChI=1S/C15H18ClN3O/c16-13-4-1-5-14(15(13)19-7-6-17-11-19)18-9-12-3-2-8-20-10-12/h1,4-7,11-12,18H,2-3,8-10H2. The van der Waals surface area contributed by atoms with E-state index in [-0.39, 0.29) is 0 Å². The highest BCUT2D eigenvalue weighted by atomic mass is 35.5. The number of benzene rings is 1. The van der Waals surface area contributed by atoms with Gasteiger partial charge in [0, 0.05) is 25.5 Å². The zero-order valence-electron chi connectivity index (χ0n) is 11.3. The predicted octanol–water partition coefficient (Wildman–Crippen LogP) is 3.36. The Morgan fingerprint density at radius 1 is 1.45 bits per heavy atom. The van der Waals surface area contributed by atoms with E-state index in [0.717, 1.165) is 37.6 Å². The van der Waals surface area contributed by atoms with Crippen LogP contribution in [0.4, 0.5) is 5.69 Å². The number of hydrogen-bond acceptors (Lipinski definition) is 3. The third kappa shape index (κ3) is 2.97. The Labute approximate surface area is 123 Å². The van der Waals surface area contributed by atoms with Gasteiger partial charge in [0.15, 0.2) is 0 Å². The van der Waals surface area contributed by atoms with Crippen molar-refractivity contribution in [3.05, 3.63) is 41.9 Å². The number of halogens is 1. The van der Waals surface area contributed by atoms with E-state index in [0.29, 0.717) is 10.9 Å². The lowest BCUT2D eigenvalue weighted by Gasteiger charge is -2.23. The Morgan fingerprint density at radius 2 is 2.40 bits per heavy atom. The normalized spacial score (nSPS) is 18.9. The van der Waals surface area contributed by atoms with Crippen molar-refractivity contribution in [3.8, 4) is 5.69 Å². The number of imidazole rings is 1. The van der Waals surface area contributed by atoms with Crippen LogP contribution in [0.15, 0.2) is 36.9 Å². The molecule has 5 heteroatoms. The molecule has 2 heterocycles. The number of aromatic nitrogens is 2. The lowest BCUT2D eigenvalue weighted by molar-refractivity contribution is 0.0595. The van der Waals surface area contributed by atoms with Gasteiger partial charge in [-0.05, 0) is 30.9 Å². The van der Waals surface area contributed by atoms with Crippen molar-refractivity contribution < 1.29 is 4.74 Å². The van der Waals surface area contributed by atoms with Crippen molar-refractivity contribution in [2.24, 2.45) is 5.92 Å². The molecule has 0 amide bonds. The number of para-hydroxylation sites is 1. The van der Waals surface area contributed by atoms with Crippen LogP contribution in [-0.4, -0.2) is 29.3 Å². The molecule has 0 spiro atoms. The molecule has 1 aliphatic heterocycles. The van der Waals surface area contributed by atoms with Crippen LogP contribution < -0.4 is 5.32 Å². The number of hydrogen-bond donors (Lipinski definition) is 1. The maximum atomic E-state index is 6.33. The monoisotopic (exact) mass is 291 g/mol. The third-order valence-electron chi connectivity index (χ3n) is 3.59. The van der Waals surface area contributed by atoms with Crippen molar-refractivity contribution >= 4 is 17.3 Å². The lowest BCUT2D eigenvalue weighted by atomic mass is 10.0. The van der Waals surface area contributed by atoms with Gasteiger partial charge in [0.2, 0.25) is 0 Å². The highest BCUT2D eigenvalue weighted by Crippen LogP contribution is 2.28. The first-order valence-electron chi connectivity index (χ1n) is 6.93. The van der Waals surface area contributed by atoms with Gasteiger partial charge < -0.3 is 14.6 Å². The van der Waals surface area contributed by atoms with Crippen LogP contribution >= 0.6 is 11.6 Å². The first-order chi connectivity index (χ1) is 9.84. The SMILES string of the molecule is Clc1cccc(NCC2CCCOC2)c1-n1ccnc1. The summed E-state index contributed by atoms with van der Waals surface area (Å²) in [4.78, 5) is 4.09. The molecule has 3 rings (SSSR count). The first kappa shape index (κ1) is 13.5. The molecular weight excluding hydrogens is 274 g/mol. The van der Waals surface area contributed by atoms with Crippen LogP contribution in [0, 0.1) is 5.92 Å². The molecule has 0 saturated carbocycles. The number of nitrogens with one attached hydrogen (secondary N) is 1. The van der Waals surface area contributed by atoms with Crippen molar-refractivity contribution in [2.75, 3.05) is 25.1 Å². The molecule has 0 bridgehead atoms. The minimum Gasteiger partial charge on any atom is -0.383 e. The van der Waals surface area contributed by atoms with E-state index in [1.165, 1.54) is 6.42 Å². The Hall–Kier alpha value is -1.52. The van der Waals surface area contributed by atoms with E-state index in [9.17, 15) is 0 Å². The van der Waals surface area contributed by atoms with Crippen LogP contribution in [0.1, 0.15) is 12.8 Å². The molecule has 1 unspecified atom stereocenters. The summed E-state index contributed by atoms with van der Waals surface area (Å²) in [7, 11) is 0. The van der Waals surface area contributed by atoms with Gasteiger partial charge in [-0.15, -0.1) is 0 Å². The number of anilines is 1. The van der Waals surface area contributed by atoms with Crippen molar-refractivity contribution in [2.45, 2.75) is 12.8 Å². The molecule has 0 aliphatic carbocycles. The van der Waals surface area contributed by atoms with Crippen LogP contribution in [0.25, 0.3) is 5.69 Å². The summed E-state index contributed by atoms with van der Waals surface area (Å²) in [5.41, 5.74) is 1.98. The van der Waals surface area contributed by atoms with Crippen molar-refractivity contribution in [1.29, 1.82) is 0 Å². The van der Waals surface area contributed by atoms with Gasteiger partial charge in [-0.3, -0.25) is 0 Å². The average Bonchev–Trinajstić information content (AvgIpc) is 3.00. The maximum Gasteiger partial charge on any atom is 0.0992 e. The molecule has 1 N–H and O–H groups in total. The molecule has 4 nitrogen and oxygen atoms in total. The van der Waals surface area contributed by atoms with E-state index in [1.807, 2.05) is 29.0 Å². The Bertz CT molecular complexity index is 550. The van der Waals surface area contributed by atoms with Crippen molar-refractivity contribution in [3.63, 3.8) is 0 Å². The average molecular weight is 292 g/mol. The predicted molar refractivity (Wildman–Crippen MR) is 80.6 cm³/mol. The Balaban J connectivity index is 1.77. The third-order valence-corrected chi connectivity index (χ3v) is 3.89. The molecule has 0 radical (unpaired) electrons. The fourth-order valence-electron chi connectivity index (χ4n) is 2.53. The highest BCUT2D eigenvalue weighted by Gasteiger charge is 2.15. The summed E-state index contributed by atoms with van der Waals surface area (Å²) in [6, 6.07) is 5.90. The first-order valence-corrected chi connectivity index (χ1v) is 7.31. The quantitative estimate of drug-likeness (QED) is 0.939. The van der Waals surface area contributed by atoms with E-state index in [1.54, 1.807) is 12.5 Å². The molecular formula is C15H18ClN3O. The molecule has 20 heavy (non-hydrogen) atoms. The Morgan fingerprint density at radius 3 is 3.15 bits per heavy atom. The molecule has 1 aliphatic rings. The van der Waals surface area contributed by atoms with E-state index in [4.69, 9.17) is 16.3 Å². The largest absolute Gasteiger partial charge is 0.383 e. The Kier molecular flexibility index (Phi) is 4.23. The smallest absolute Gasteiger partial charge is 0.0992 e. The van der Waals surface area contributed by atoms with Gasteiger partial charge in [0.1, 0.15) is 0 Å². The number of nitrogens with zero attached hydrogens (tertiary/aromatic N) is 2. The topological polar surface area (TPSA) is 39.1 Å². The van der Waals surface area contributed by atoms with E-state index in [2.05, 4.69) is 10.3 Å². The molecule has 2 aromatic rings. The van der Waals surface area contributed by atoms with E-state index >= 15 is 0 Å². The summed E-state index contributed by atoms with van der Waals surface area (Å²) in [5.74, 6) is 0.568. The van der Waals surface area contributed by atoms with Crippen LogP contribution in [0.2, 0.25) is 5.02 Å². The van der Waals surface area contributed by atoms with Gasteiger partial charge in [0.05, 0.1) is 29.3 Å². The molecule has 1 aromatic heterocycles. The molecule has 106 valence electrons. The number of rotatable bonds is 4. The minimum atomic E-state index is 0.568. The molecule has 1 saturated heterocycles. The van der Waals surface area contributed by atoms with Crippen molar-refractivity contribution in [1.82, 2.24) is 9.55 Å². The van der Waals surface area contributed by atoms with Crippen LogP contribution in [0.5, 0.6) is 0 Å². The maximum absolute atomic E-state index is 6.33. The fraction of sp³-hybridized carbons (Fsp3) is 0.400. The van der Waals surface area contributed by atoms with Crippen LogP contribution in [-0.2, 0) is 4.74 Å². The second-order valence-electron chi connectivity index (χ2n) is 5.07. The van der Waals surface area contributed by atoms with Gasteiger partial charge in [-0.2, -0.15) is 0 Å². The zero-order valence-corrected chi connectivity index (χ0v) is 12.0. The molecule has 1 fully saturated rings. The second-order valence-corrected chi connectivity index (χ2v) is 5.48. The minimum absolute atomic E-state index is 0.568. The summed E-state index contributed by atoms with van der Waals surface area (Å²) < 4.78 is 7.45.